The highest BCUT2D eigenvalue weighted by Crippen LogP contribution is 2.41. The van der Waals surface area contributed by atoms with Gasteiger partial charge in [0.15, 0.2) is 16.3 Å². The number of allylic oxidation sites excluding steroid dienone is 1. The Morgan fingerprint density at radius 2 is 1.82 bits per heavy atom. The van der Waals surface area contributed by atoms with Gasteiger partial charge in [0.05, 0.1) is 42.2 Å². The molecule has 0 radical (unpaired) electrons. The third-order valence-electron chi connectivity index (χ3n) is 6.96. The van der Waals surface area contributed by atoms with Gasteiger partial charge in [0.25, 0.3) is 5.56 Å². The van der Waals surface area contributed by atoms with E-state index in [0.29, 0.717) is 59.5 Å². The van der Waals surface area contributed by atoms with E-state index in [9.17, 15) is 14.0 Å². The number of esters is 1. The molecule has 0 unspecified atom stereocenters. The molecule has 0 aliphatic carbocycles. The summed E-state index contributed by atoms with van der Waals surface area (Å²) >= 11 is 11.2. The molecule has 8 nitrogen and oxygen atoms in total. The van der Waals surface area contributed by atoms with E-state index in [-0.39, 0.29) is 30.2 Å². The summed E-state index contributed by atoms with van der Waals surface area (Å²) in [5, 5.41) is 0.451. The maximum atomic E-state index is 14.2. The Morgan fingerprint density at radius 3 is 2.51 bits per heavy atom. The SMILES string of the molecule is CCOC(=O)C1=C(C)N=c2s/c(=C/c3cc(Cl)ccc3OCc3ccc(F)cc3)c(=O)n2[C@@H]1c1cc(OC)c(OCC)cc1Br. The topological polar surface area (TPSA) is 88.4 Å². The van der Waals surface area contributed by atoms with Gasteiger partial charge in [-0.2, -0.15) is 0 Å². The van der Waals surface area contributed by atoms with Gasteiger partial charge in [-0.05, 0) is 80.4 Å². The van der Waals surface area contributed by atoms with Gasteiger partial charge < -0.3 is 18.9 Å². The zero-order valence-corrected chi connectivity index (χ0v) is 28.0. The highest BCUT2D eigenvalue weighted by atomic mass is 79.9. The maximum absolute atomic E-state index is 14.2. The highest BCUT2D eigenvalue weighted by molar-refractivity contribution is 9.10. The lowest BCUT2D eigenvalue weighted by Crippen LogP contribution is -2.40. The van der Waals surface area contributed by atoms with Crippen molar-refractivity contribution >= 4 is 50.9 Å². The fourth-order valence-corrected chi connectivity index (χ4v) is 6.68. The van der Waals surface area contributed by atoms with Crippen LogP contribution in [0.1, 0.15) is 43.5 Å². The number of carbonyl (C=O) groups excluding carboxylic acids is 1. The number of aromatic nitrogens is 1. The molecular weight excluding hydrogens is 687 g/mol. The molecule has 4 aromatic rings. The summed E-state index contributed by atoms with van der Waals surface area (Å²) < 4.78 is 38.6. The lowest BCUT2D eigenvalue weighted by atomic mass is 9.95. The molecule has 234 valence electrons. The van der Waals surface area contributed by atoms with Crippen LogP contribution in [0.4, 0.5) is 4.39 Å². The first kappa shape index (κ1) is 32.5. The number of thiazole rings is 1. The molecular formula is C33H29BrClFN2O6S. The van der Waals surface area contributed by atoms with Crippen LogP contribution in [0.25, 0.3) is 6.08 Å². The fraction of sp³-hybridized carbons (Fsp3) is 0.242. The minimum absolute atomic E-state index is 0.149. The number of carbonyl (C=O) groups is 1. The van der Waals surface area contributed by atoms with E-state index in [1.807, 2.05) is 6.92 Å². The van der Waals surface area contributed by atoms with Crippen LogP contribution in [0.2, 0.25) is 5.02 Å². The van der Waals surface area contributed by atoms with Crippen LogP contribution in [-0.4, -0.2) is 30.9 Å². The zero-order valence-electron chi connectivity index (χ0n) is 24.9. The molecule has 1 atom stereocenters. The molecule has 45 heavy (non-hydrogen) atoms. The molecule has 0 N–H and O–H groups in total. The molecule has 1 aliphatic heterocycles. The predicted molar refractivity (Wildman–Crippen MR) is 174 cm³/mol. The maximum Gasteiger partial charge on any atom is 0.338 e. The fourth-order valence-electron chi connectivity index (χ4n) is 4.92. The number of fused-ring (bicyclic) bond motifs is 1. The van der Waals surface area contributed by atoms with E-state index in [4.69, 9.17) is 30.5 Å². The van der Waals surface area contributed by atoms with Crippen molar-refractivity contribution in [1.82, 2.24) is 4.57 Å². The van der Waals surface area contributed by atoms with Crippen LogP contribution in [0, 0.1) is 5.82 Å². The molecule has 1 aromatic heterocycles. The van der Waals surface area contributed by atoms with E-state index < -0.39 is 12.0 Å². The van der Waals surface area contributed by atoms with Crippen LogP contribution in [-0.2, 0) is 16.1 Å². The van der Waals surface area contributed by atoms with Crippen LogP contribution in [0.3, 0.4) is 0 Å². The summed E-state index contributed by atoms with van der Waals surface area (Å²) in [5.41, 5.74) is 2.21. The van der Waals surface area contributed by atoms with E-state index >= 15 is 0 Å². The highest BCUT2D eigenvalue weighted by Gasteiger charge is 2.35. The third kappa shape index (κ3) is 6.85. The molecule has 0 bridgehead atoms. The summed E-state index contributed by atoms with van der Waals surface area (Å²) in [6.07, 6.45) is 1.68. The first-order chi connectivity index (χ1) is 21.6. The number of nitrogens with zero attached hydrogens (tertiary/aromatic N) is 2. The molecule has 12 heteroatoms. The van der Waals surface area contributed by atoms with Gasteiger partial charge in [-0.25, -0.2) is 14.2 Å². The second-order valence-electron chi connectivity index (χ2n) is 9.86. The van der Waals surface area contributed by atoms with Crippen molar-refractivity contribution in [1.29, 1.82) is 0 Å². The van der Waals surface area contributed by atoms with Gasteiger partial charge in [-0.3, -0.25) is 9.36 Å². The monoisotopic (exact) mass is 714 g/mol. The predicted octanol–water partition coefficient (Wildman–Crippen LogP) is 6.34. The van der Waals surface area contributed by atoms with Gasteiger partial charge in [0.2, 0.25) is 0 Å². The van der Waals surface area contributed by atoms with E-state index in [1.165, 1.54) is 35.1 Å². The van der Waals surface area contributed by atoms with Crippen molar-refractivity contribution in [3.05, 3.63) is 118 Å². The zero-order chi connectivity index (χ0) is 32.2. The second kappa shape index (κ2) is 14.0. The van der Waals surface area contributed by atoms with Crippen molar-refractivity contribution in [2.45, 2.75) is 33.4 Å². The standard InChI is InChI=1S/C33H29BrClFN2O6S/c1-5-42-27-16-24(34)23(15-26(27)41-4)30-29(32(40)43-6-2)18(3)37-33-38(30)31(39)28(45-33)14-20-13-21(35)9-12-25(20)44-17-19-7-10-22(36)11-8-19/h7-16,30H,5-6,17H2,1-4H3/b28-14+/t30-/m1/s1. The van der Waals surface area contributed by atoms with Gasteiger partial charge in [0, 0.05) is 15.1 Å². The van der Waals surface area contributed by atoms with Crippen LogP contribution < -0.4 is 29.1 Å². The molecule has 1 aliphatic rings. The van der Waals surface area contributed by atoms with E-state index in [2.05, 4.69) is 20.9 Å². The number of hydrogen-bond donors (Lipinski definition) is 0. The third-order valence-corrected chi connectivity index (χ3v) is 8.87. The largest absolute Gasteiger partial charge is 0.493 e. The summed E-state index contributed by atoms with van der Waals surface area (Å²) in [6, 6.07) is 13.7. The van der Waals surface area contributed by atoms with Crippen LogP contribution in [0.15, 0.2) is 80.1 Å². The Balaban J connectivity index is 1.66. The molecule has 0 amide bonds. The average molecular weight is 716 g/mol. The minimum Gasteiger partial charge on any atom is -0.493 e. The summed E-state index contributed by atoms with van der Waals surface area (Å²) in [6.45, 7) is 6.05. The van der Waals surface area contributed by atoms with E-state index in [0.717, 1.165) is 5.56 Å². The van der Waals surface area contributed by atoms with Crippen LogP contribution >= 0.6 is 38.9 Å². The second-order valence-corrected chi connectivity index (χ2v) is 12.2. The Labute approximate surface area is 276 Å². The first-order valence-corrected chi connectivity index (χ1v) is 16.0. The molecule has 0 saturated heterocycles. The van der Waals surface area contributed by atoms with Gasteiger partial charge in [0.1, 0.15) is 18.2 Å². The summed E-state index contributed by atoms with van der Waals surface area (Å²) in [4.78, 5) is 32.6. The normalized spacial score (nSPS) is 14.6. The molecule has 0 fully saturated rings. The molecule has 0 saturated carbocycles. The number of benzene rings is 3. The van der Waals surface area contributed by atoms with Gasteiger partial charge in [-0.15, -0.1) is 0 Å². The summed E-state index contributed by atoms with van der Waals surface area (Å²) in [7, 11) is 1.52. The van der Waals surface area contributed by atoms with Gasteiger partial charge in [-0.1, -0.05) is 51.0 Å². The molecule has 2 heterocycles. The number of hydrogen-bond acceptors (Lipinski definition) is 8. The first-order valence-electron chi connectivity index (χ1n) is 14.0. The summed E-state index contributed by atoms with van der Waals surface area (Å²) in [5.74, 6) is 0.515. The lowest BCUT2D eigenvalue weighted by molar-refractivity contribution is -0.139. The van der Waals surface area contributed by atoms with Crippen molar-refractivity contribution in [2.24, 2.45) is 4.99 Å². The minimum atomic E-state index is -0.880. The molecule has 3 aromatic carbocycles. The Bertz CT molecular complexity index is 1970. The van der Waals surface area contributed by atoms with Crippen molar-refractivity contribution in [2.75, 3.05) is 20.3 Å². The molecule has 0 spiro atoms. The Kier molecular flexibility index (Phi) is 10.1. The Morgan fingerprint density at radius 1 is 1.07 bits per heavy atom. The number of methoxy groups -OCH3 is 1. The number of ether oxygens (including phenoxy) is 4. The van der Waals surface area contributed by atoms with Crippen molar-refractivity contribution in [3.63, 3.8) is 0 Å². The van der Waals surface area contributed by atoms with Gasteiger partial charge >= 0.3 is 5.97 Å². The Hall–Kier alpha value is -3.93. The van der Waals surface area contributed by atoms with Crippen molar-refractivity contribution in [3.8, 4) is 17.2 Å². The lowest BCUT2D eigenvalue weighted by Gasteiger charge is -2.26. The number of rotatable bonds is 10. The van der Waals surface area contributed by atoms with Crippen LogP contribution in [0.5, 0.6) is 17.2 Å². The molecule has 5 rings (SSSR count). The quantitative estimate of drug-likeness (QED) is 0.178. The average Bonchev–Trinajstić information content (AvgIpc) is 3.31. The number of halogens is 3. The van der Waals surface area contributed by atoms with E-state index in [1.54, 1.807) is 62.4 Å². The van der Waals surface area contributed by atoms with Crippen molar-refractivity contribution < 1.29 is 28.1 Å². The smallest absolute Gasteiger partial charge is 0.338 e.